The molecule has 0 saturated carbocycles. The van der Waals surface area contributed by atoms with Crippen molar-refractivity contribution < 1.29 is 14.3 Å². The molecule has 0 bridgehead atoms. The Morgan fingerprint density at radius 3 is 3.00 bits per heavy atom. The summed E-state index contributed by atoms with van der Waals surface area (Å²) in [4.78, 5) is 14.4. The number of rotatable bonds is 4. The van der Waals surface area contributed by atoms with Gasteiger partial charge in [-0.2, -0.15) is 0 Å². The van der Waals surface area contributed by atoms with Gasteiger partial charge in [0.05, 0.1) is 30.9 Å². The zero-order chi connectivity index (χ0) is 17.1. The van der Waals surface area contributed by atoms with Crippen molar-refractivity contribution >= 4 is 22.6 Å². The molecule has 2 amide bonds. The van der Waals surface area contributed by atoms with Gasteiger partial charge in [-0.15, -0.1) is 0 Å². The van der Waals surface area contributed by atoms with E-state index in [9.17, 15) is 4.79 Å². The molecule has 1 fully saturated rings. The van der Waals surface area contributed by atoms with Crippen molar-refractivity contribution in [1.82, 2.24) is 9.47 Å². The van der Waals surface area contributed by atoms with Crippen LogP contribution in [0.4, 0.5) is 10.5 Å². The molecule has 1 aromatic heterocycles. The number of carbonyl (C=O) groups excluding carboxylic acids is 1. The van der Waals surface area contributed by atoms with Crippen LogP contribution in [0.5, 0.6) is 0 Å². The third-order valence-corrected chi connectivity index (χ3v) is 4.71. The second-order valence-electron chi connectivity index (χ2n) is 6.22. The van der Waals surface area contributed by atoms with Gasteiger partial charge in [0.15, 0.2) is 0 Å². The third kappa shape index (κ3) is 3.39. The fraction of sp³-hybridized carbons (Fsp3) is 0.500. The van der Waals surface area contributed by atoms with E-state index in [0.29, 0.717) is 19.8 Å². The number of nitrogens with zero attached hydrogens (tertiary/aromatic N) is 2. The van der Waals surface area contributed by atoms with Crippen molar-refractivity contribution in [3.05, 3.63) is 30.5 Å². The summed E-state index contributed by atoms with van der Waals surface area (Å²) in [5.41, 5.74) is 1.89. The number of urea groups is 1. The molecule has 24 heavy (non-hydrogen) atoms. The molecule has 130 valence electrons. The van der Waals surface area contributed by atoms with Crippen LogP contribution in [0.3, 0.4) is 0 Å². The fourth-order valence-corrected chi connectivity index (χ4v) is 3.06. The monoisotopic (exact) mass is 331 g/mol. The molecule has 1 aliphatic rings. The molecular formula is C18H25N3O3. The van der Waals surface area contributed by atoms with Gasteiger partial charge in [-0.1, -0.05) is 6.07 Å². The number of fused-ring (bicyclic) bond motifs is 1. The van der Waals surface area contributed by atoms with E-state index in [1.807, 2.05) is 43.1 Å². The van der Waals surface area contributed by atoms with Crippen LogP contribution in [-0.2, 0) is 16.0 Å². The average molecular weight is 331 g/mol. The number of nitrogens with one attached hydrogen (secondary N) is 1. The summed E-state index contributed by atoms with van der Waals surface area (Å²) in [6.45, 7) is 6.65. The number of methoxy groups -OCH3 is 1. The van der Waals surface area contributed by atoms with E-state index in [-0.39, 0.29) is 18.2 Å². The van der Waals surface area contributed by atoms with Crippen molar-refractivity contribution in [2.45, 2.75) is 32.5 Å². The number of carbonyl (C=O) groups is 1. The molecule has 0 aliphatic carbocycles. The third-order valence-electron chi connectivity index (χ3n) is 4.71. The molecule has 2 heterocycles. The lowest BCUT2D eigenvalue weighted by Gasteiger charge is -2.37. The van der Waals surface area contributed by atoms with Crippen molar-refractivity contribution in [2.24, 2.45) is 0 Å². The zero-order valence-electron chi connectivity index (χ0n) is 14.5. The Morgan fingerprint density at radius 2 is 2.21 bits per heavy atom. The van der Waals surface area contributed by atoms with Gasteiger partial charge in [0.25, 0.3) is 0 Å². The second-order valence-corrected chi connectivity index (χ2v) is 6.22. The van der Waals surface area contributed by atoms with Crippen LogP contribution in [0.1, 0.15) is 13.8 Å². The lowest BCUT2D eigenvalue weighted by molar-refractivity contribution is -0.0355. The fourth-order valence-electron chi connectivity index (χ4n) is 3.06. The Labute approximate surface area is 142 Å². The number of hydrogen-bond donors (Lipinski definition) is 1. The zero-order valence-corrected chi connectivity index (χ0v) is 14.5. The van der Waals surface area contributed by atoms with Gasteiger partial charge in [0, 0.05) is 32.1 Å². The molecule has 1 aliphatic heterocycles. The smallest absolute Gasteiger partial charge is 0.322 e. The van der Waals surface area contributed by atoms with Gasteiger partial charge in [-0.3, -0.25) is 0 Å². The number of morpholine rings is 1. The lowest BCUT2D eigenvalue weighted by atomic mass is 10.1. The maximum atomic E-state index is 12.6. The van der Waals surface area contributed by atoms with Crippen LogP contribution in [0, 0.1) is 0 Å². The number of hydrogen-bond acceptors (Lipinski definition) is 3. The van der Waals surface area contributed by atoms with Crippen molar-refractivity contribution in [2.75, 3.05) is 32.2 Å². The first kappa shape index (κ1) is 16.8. The minimum Gasteiger partial charge on any atom is -0.383 e. The molecule has 2 aromatic rings. The first-order chi connectivity index (χ1) is 11.6. The SMILES string of the molecule is COCCn1ccc2ccc(NC(=O)N3CCO[C@H](C)[C@@H]3C)cc21. The molecule has 6 nitrogen and oxygen atoms in total. The Balaban J connectivity index is 1.75. The molecule has 1 aromatic carbocycles. The molecule has 1 N–H and O–H groups in total. The predicted molar refractivity (Wildman–Crippen MR) is 94.4 cm³/mol. The predicted octanol–water partition coefficient (Wildman–Crippen LogP) is 2.93. The minimum atomic E-state index is -0.0769. The number of aromatic nitrogens is 1. The Hall–Kier alpha value is -2.05. The van der Waals surface area contributed by atoms with Crippen molar-refractivity contribution in [1.29, 1.82) is 0 Å². The molecule has 0 spiro atoms. The topological polar surface area (TPSA) is 55.7 Å². The normalized spacial score (nSPS) is 21.2. The minimum absolute atomic E-state index is 0.0539. The van der Waals surface area contributed by atoms with Crippen LogP contribution in [0.2, 0.25) is 0 Å². The molecule has 0 radical (unpaired) electrons. The highest BCUT2D eigenvalue weighted by Crippen LogP contribution is 2.22. The van der Waals surface area contributed by atoms with Crippen LogP contribution in [-0.4, -0.2) is 54.5 Å². The number of amides is 2. The number of anilines is 1. The van der Waals surface area contributed by atoms with Gasteiger partial charge in [-0.05, 0) is 37.4 Å². The van der Waals surface area contributed by atoms with E-state index >= 15 is 0 Å². The summed E-state index contributed by atoms with van der Waals surface area (Å²) in [6.07, 6.45) is 2.10. The number of benzene rings is 1. The Kier molecular flexibility index (Phi) is 5.06. The number of ether oxygens (including phenoxy) is 2. The molecule has 3 rings (SSSR count). The van der Waals surface area contributed by atoms with Crippen molar-refractivity contribution in [3.63, 3.8) is 0 Å². The maximum Gasteiger partial charge on any atom is 0.322 e. The first-order valence-corrected chi connectivity index (χ1v) is 8.37. The van der Waals surface area contributed by atoms with E-state index in [2.05, 4.69) is 16.0 Å². The molecule has 1 saturated heterocycles. The summed E-state index contributed by atoms with van der Waals surface area (Å²) in [6, 6.07) is 8.04. The molecule has 2 atom stereocenters. The molecule has 0 unspecified atom stereocenters. The van der Waals surface area contributed by atoms with Gasteiger partial charge in [0.1, 0.15) is 0 Å². The van der Waals surface area contributed by atoms with Gasteiger partial charge in [-0.25, -0.2) is 4.79 Å². The summed E-state index contributed by atoms with van der Waals surface area (Å²) < 4.78 is 12.9. The van der Waals surface area contributed by atoms with E-state index in [0.717, 1.165) is 23.1 Å². The van der Waals surface area contributed by atoms with Gasteiger partial charge < -0.3 is 24.3 Å². The summed E-state index contributed by atoms with van der Waals surface area (Å²) >= 11 is 0. The van der Waals surface area contributed by atoms with E-state index in [1.165, 1.54) is 0 Å². The van der Waals surface area contributed by atoms with Crippen molar-refractivity contribution in [3.8, 4) is 0 Å². The van der Waals surface area contributed by atoms with E-state index < -0.39 is 0 Å². The average Bonchev–Trinajstić information content (AvgIpc) is 2.97. The quantitative estimate of drug-likeness (QED) is 0.937. The van der Waals surface area contributed by atoms with Crippen LogP contribution >= 0.6 is 0 Å². The van der Waals surface area contributed by atoms with E-state index in [1.54, 1.807) is 7.11 Å². The second kappa shape index (κ2) is 7.23. The largest absolute Gasteiger partial charge is 0.383 e. The van der Waals surface area contributed by atoms with Gasteiger partial charge >= 0.3 is 6.03 Å². The first-order valence-electron chi connectivity index (χ1n) is 8.37. The Bertz CT molecular complexity index is 713. The van der Waals surface area contributed by atoms with Crippen LogP contribution in [0.25, 0.3) is 10.9 Å². The summed E-state index contributed by atoms with van der Waals surface area (Å²) in [7, 11) is 1.70. The molecule has 6 heteroatoms. The van der Waals surface area contributed by atoms with Crippen LogP contribution < -0.4 is 5.32 Å². The van der Waals surface area contributed by atoms with Gasteiger partial charge in [0.2, 0.25) is 0 Å². The maximum absolute atomic E-state index is 12.6. The highest BCUT2D eigenvalue weighted by Gasteiger charge is 2.29. The molecular weight excluding hydrogens is 306 g/mol. The standard InChI is InChI=1S/C18H25N3O3/c1-13-14(2)24-11-9-21(13)18(22)19-16-5-4-15-6-7-20(8-10-23-3)17(15)12-16/h4-7,12-14H,8-11H2,1-3H3,(H,19,22)/t13-,14+/m0/s1. The highest BCUT2D eigenvalue weighted by molar-refractivity contribution is 5.93. The summed E-state index contributed by atoms with van der Waals surface area (Å²) in [5, 5.41) is 4.17. The highest BCUT2D eigenvalue weighted by atomic mass is 16.5. The Morgan fingerprint density at radius 1 is 1.38 bits per heavy atom. The van der Waals surface area contributed by atoms with Crippen LogP contribution in [0.15, 0.2) is 30.5 Å². The lowest BCUT2D eigenvalue weighted by Crippen LogP contribution is -2.52. The summed E-state index contributed by atoms with van der Waals surface area (Å²) in [5.74, 6) is 0. The van der Waals surface area contributed by atoms with E-state index in [4.69, 9.17) is 9.47 Å².